The van der Waals surface area contributed by atoms with Crippen molar-refractivity contribution in [3.63, 3.8) is 0 Å². The van der Waals surface area contributed by atoms with Crippen molar-refractivity contribution < 1.29 is 71.3 Å². The molecule has 0 amide bonds. The van der Waals surface area contributed by atoms with E-state index in [0.717, 1.165) is 19.3 Å². The first-order valence-electron chi connectivity index (χ1n) is 5.12. The predicted octanol–water partition coefficient (Wildman–Crippen LogP) is -7.51. The van der Waals surface area contributed by atoms with Crippen molar-refractivity contribution in [3.05, 3.63) is 20.8 Å². The average Bonchev–Trinajstić information content (AvgIpc) is 2.18. The van der Waals surface area contributed by atoms with Crippen LogP contribution in [0.3, 0.4) is 0 Å². The molecule has 0 fully saturated rings. The number of halogens is 4. The number of unbranched alkanes of at least 4 members (excludes halogenated alkanes) is 3. The molecule has 0 nitrogen and oxygen atoms in total. The van der Waals surface area contributed by atoms with E-state index in [0.29, 0.717) is 0 Å². The van der Waals surface area contributed by atoms with E-state index in [1.54, 1.807) is 0 Å². The molecule has 0 aromatic heterocycles. The van der Waals surface area contributed by atoms with E-state index in [1.807, 2.05) is 0 Å². The Labute approximate surface area is 167 Å². The van der Waals surface area contributed by atoms with E-state index in [9.17, 15) is 0 Å². The minimum Gasteiger partial charge on any atom is -1.00 e. The van der Waals surface area contributed by atoms with E-state index in [4.69, 9.17) is 0 Å². The summed E-state index contributed by atoms with van der Waals surface area (Å²) in [6.45, 7) is 17.2. The normalized spacial score (nSPS) is 5.00. The van der Waals surface area contributed by atoms with E-state index in [-0.39, 0.29) is 88.7 Å². The van der Waals surface area contributed by atoms with Gasteiger partial charge in [0.1, 0.15) is 0 Å². The van der Waals surface area contributed by atoms with Crippen molar-refractivity contribution in [1.82, 2.24) is 0 Å². The van der Waals surface area contributed by atoms with Gasteiger partial charge >= 0.3 is 39.1 Å². The molecule has 0 saturated carbocycles. The summed E-state index contributed by atoms with van der Waals surface area (Å²) < 4.78 is 0. The smallest absolute Gasteiger partial charge is 1.00 e. The van der Waals surface area contributed by atoms with Crippen molar-refractivity contribution in [1.29, 1.82) is 0 Å². The van der Waals surface area contributed by atoms with Crippen molar-refractivity contribution in [2.75, 3.05) is 0 Å². The van der Waals surface area contributed by atoms with Gasteiger partial charge in [-0.1, -0.05) is 40.0 Å². The standard InChI is InChI=1S/3C4H9.Al.4ClH.Ti/c3*1-3-4-2;;;;;;/h3*1,3-4H2,2H3;;4*1H;/q3*-1;+3;;;;;+3/p-4. The summed E-state index contributed by atoms with van der Waals surface area (Å²) in [5, 5.41) is 0. The first-order valence-corrected chi connectivity index (χ1v) is 5.12. The van der Waals surface area contributed by atoms with Gasteiger partial charge in [-0.2, -0.15) is 19.3 Å². The van der Waals surface area contributed by atoms with E-state index in [2.05, 4.69) is 41.5 Å². The first-order chi connectivity index (χ1) is 5.74. The quantitative estimate of drug-likeness (QED) is 0.333. The summed E-state index contributed by atoms with van der Waals surface area (Å²) >= 11 is 0. The molecule has 0 unspecified atom stereocenters. The zero-order valence-electron chi connectivity index (χ0n) is 12.0. The van der Waals surface area contributed by atoms with Crippen LogP contribution in [0.2, 0.25) is 0 Å². The summed E-state index contributed by atoms with van der Waals surface area (Å²) in [6, 6.07) is 0. The zero-order valence-corrected chi connectivity index (χ0v) is 17.7. The van der Waals surface area contributed by atoms with Crippen molar-refractivity contribution in [3.8, 4) is 0 Å². The minimum absolute atomic E-state index is 0. The molecule has 0 aliphatic heterocycles. The first kappa shape index (κ1) is 59.1. The van der Waals surface area contributed by atoms with Crippen LogP contribution in [-0.2, 0) is 21.7 Å². The molecule has 0 N–H and O–H groups in total. The molecule has 1 radical (unpaired) electrons. The second-order valence-corrected chi connectivity index (χ2v) is 2.56. The van der Waals surface area contributed by atoms with Gasteiger partial charge < -0.3 is 70.4 Å². The number of rotatable bonds is 3. The van der Waals surface area contributed by atoms with E-state index < -0.39 is 0 Å². The fraction of sp³-hybridized carbons (Fsp3) is 0.750. The van der Waals surface area contributed by atoms with Crippen molar-refractivity contribution in [2.24, 2.45) is 0 Å². The monoisotopic (exact) mass is 386 g/mol. The Hall–Kier alpha value is 2.41. The summed E-state index contributed by atoms with van der Waals surface area (Å²) in [4.78, 5) is 0. The third-order valence-electron chi connectivity index (χ3n) is 1.06. The number of hydrogen-bond acceptors (Lipinski definition) is 0. The minimum atomic E-state index is 0. The molecular formula is C12H27AlCl4Ti-. The fourth-order valence-electron chi connectivity index (χ4n) is 0. The van der Waals surface area contributed by atoms with Crippen LogP contribution in [0.4, 0.5) is 0 Å². The molecule has 0 bridgehead atoms. The van der Waals surface area contributed by atoms with Gasteiger partial charge in [0.05, 0.1) is 0 Å². The van der Waals surface area contributed by atoms with Gasteiger partial charge in [-0.15, -0.1) is 0 Å². The topological polar surface area (TPSA) is 0 Å². The molecule has 0 aromatic rings. The van der Waals surface area contributed by atoms with Gasteiger partial charge in [-0.3, -0.25) is 0 Å². The van der Waals surface area contributed by atoms with Gasteiger partial charge in [0, 0.05) is 0 Å². The van der Waals surface area contributed by atoms with Gasteiger partial charge in [0.25, 0.3) is 0 Å². The van der Waals surface area contributed by atoms with Gasteiger partial charge in [-0.05, 0) is 0 Å². The van der Waals surface area contributed by atoms with Crippen LogP contribution in [0.5, 0.6) is 0 Å². The fourth-order valence-corrected chi connectivity index (χ4v) is 0. The molecule has 0 atom stereocenters. The Balaban J connectivity index is -0.00000000827. The molecule has 0 aliphatic carbocycles. The third kappa shape index (κ3) is 191. The van der Waals surface area contributed by atoms with Crippen LogP contribution >= 0.6 is 0 Å². The third-order valence-corrected chi connectivity index (χ3v) is 1.06. The Morgan fingerprint density at radius 2 is 0.611 bits per heavy atom. The molecule has 111 valence electrons. The Bertz CT molecular complexity index is 39.5. The molecule has 0 heterocycles. The maximum atomic E-state index is 3.60. The van der Waals surface area contributed by atoms with E-state index in [1.165, 1.54) is 19.3 Å². The summed E-state index contributed by atoms with van der Waals surface area (Å²) in [7, 11) is 0. The maximum absolute atomic E-state index is 3.60. The average molecular weight is 388 g/mol. The molecule has 0 spiro atoms. The molecule has 0 aromatic carbocycles. The second kappa shape index (κ2) is 93.0. The van der Waals surface area contributed by atoms with Crippen LogP contribution in [0.15, 0.2) is 0 Å². The Morgan fingerprint density at radius 3 is 0.611 bits per heavy atom. The Kier molecular flexibility index (Phi) is 305. The van der Waals surface area contributed by atoms with Gasteiger partial charge in [0.15, 0.2) is 0 Å². The van der Waals surface area contributed by atoms with Crippen LogP contribution < -0.4 is 49.6 Å². The van der Waals surface area contributed by atoms with Crippen molar-refractivity contribution in [2.45, 2.75) is 59.3 Å². The molecular weight excluding hydrogens is 361 g/mol. The van der Waals surface area contributed by atoms with Crippen LogP contribution in [0, 0.1) is 20.8 Å². The molecule has 0 aliphatic rings. The van der Waals surface area contributed by atoms with Crippen LogP contribution in [0.1, 0.15) is 59.3 Å². The van der Waals surface area contributed by atoms with Crippen LogP contribution in [0.25, 0.3) is 0 Å². The van der Waals surface area contributed by atoms with Crippen LogP contribution in [-0.4, -0.2) is 17.4 Å². The summed E-state index contributed by atoms with van der Waals surface area (Å²) in [6.07, 6.45) is 6.83. The molecule has 18 heavy (non-hydrogen) atoms. The van der Waals surface area contributed by atoms with Crippen molar-refractivity contribution >= 4 is 17.4 Å². The van der Waals surface area contributed by atoms with Gasteiger partial charge in [-0.25, -0.2) is 0 Å². The van der Waals surface area contributed by atoms with Gasteiger partial charge in [0.2, 0.25) is 0 Å². The van der Waals surface area contributed by atoms with E-state index >= 15 is 0 Å². The number of hydrogen-bond donors (Lipinski definition) is 0. The SMILES string of the molecule is [Al+3].[CH2-]CCC.[CH2-]CCC.[CH2-]CCC.[Cl-].[Cl-].[Cl-].[Cl-].[Ti+3]. The molecule has 6 heteroatoms. The largest absolute Gasteiger partial charge is 3.00 e. The molecule has 0 saturated heterocycles. The Morgan fingerprint density at radius 1 is 0.556 bits per heavy atom. The second-order valence-electron chi connectivity index (χ2n) is 2.56. The zero-order chi connectivity index (χ0) is 10.2. The molecule has 0 rings (SSSR count). The summed E-state index contributed by atoms with van der Waals surface area (Å²) in [5.41, 5.74) is 0. The maximum Gasteiger partial charge on any atom is 3.00 e. The summed E-state index contributed by atoms with van der Waals surface area (Å²) in [5.74, 6) is 0. The predicted molar refractivity (Wildman–Crippen MR) is 66.5 cm³/mol.